The average Bonchev–Trinajstić information content (AvgIpc) is 2.31. The lowest BCUT2D eigenvalue weighted by atomic mass is 10.1. The molecule has 0 amide bonds. The van der Waals surface area contributed by atoms with Gasteiger partial charge in [0.25, 0.3) is 0 Å². The maximum atomic E-state index is 11.0. The summed E-state index contributed by atoms with van der Waals surface area (Å²) < 4.78 is 4.59. The average molecular weight is 178 g/mol. The summed E-state index contributed by atoms with van der Waals surface area (Å²) in [7, 11) is 1.41. The molecule has 2 nitrogen and oxygen atoms in total. The van der Waals surface area contributed by atoms with Gasteiger partial charge in [-0.15, -0.1) is 0 Å². The SMILES string of the molecule is COC(=O)CC1=CC=C(C)CC=C1. The smallest absolute Gasteiger partial charge is 0.309 e. The molecular formula is C11H14O2. The lowest BCUT2D eigenvalue weighted by molar-refractivity contribution is -0.139. The Morgan fingerprint density at radius 2 is 2.31 bits per heavy atom. The normalized spacial score (nSPS) is 15.8. The van der Waals surface area contributed by atoms with Crippen molar-refractivity contribution in [2.24, 2.45) is 0 Å². The van der Waals surface area contributed by atoms with Crippen LogP contribution >= 0.6 is 0 Å². The van der Waals surface area contributed by atoms with Crippen LogP contribution in [-0.2, 0) is 9.53 Å². The van der Waals surface area contributed by atoms with Crippen LogP contribution in [0.1, 0.15) is 19.8 Å². The first-order chi connectivity index (χ1) is 6.22. The van der Waals surface area contributed by atoms with Crippen LogP contribution in [0.15, 0.2) is 35.5 Å². The van der Waals surface area contributed by atoms with E-state index in [0.29, 0.717) is 6.42 Å². The highest BCUT2D eigenvalue weighted by Crippen LogP contribution is 2.13. The first kappa shape index (κ1) is 9.78. The molecule has 70 valence electrons. The summed E-state index contributed by atoms with van der Waals surface area (Å²) in [5.74, 6) is -0.191. The molecule has 0 fully saturated rings. The van der Waals surface area contributed by atoms with Gasteiger partial charge in [-0.1, -0.05) is 29.9 Å². The topological polar surface area (TPSA) is 26.3 Å². The predicted octanol–water partition coefficient (Wildman–Crippen LogP) is 2.38. The molecule has 2 heteroatoms. The molecule has 0 N–H and O–H groups in total. The second-order valence-electron chi connectivity index (χ2n) is 3.11. The minimum Gasteiger partial charge on any atom is -0.469 e. The predicted molar refractivity (Wildman–Crippen MR) is 52.2 cm³/mol. The molecule has 0 saturated carbocycles. The Balaban J connectivity index is 2.64. The lowest BCUT2D eigenvalue weighted by Crippen LogP contribution is -2.00. The Morgan fingerprint density at radius 1 is 1.54 bits per heavy atom. The van der Waals surface area contributed by atoms with Crippen molar-refractivity contribution in [3.05, 3.63) is 35.5 Å². The van der Waals surface area contributed by atoms with E-state index in [1.165, 1.54) is 12.7 Å². The molecule has 0 atom stereocenters. The summed E-state index contributed by atoms with van der Waals surface area (Å²) in [6.07, 6.45) is 9.36. The van der Waals surface area contributed by atoms with Crippen LogP contribution in [0.2, 0.25) is 0 Å². The van der Waals surface area contributed by atoms with Crippen LogP contribution in [0, 0.1) is 0 Å². The van der Waals surface area contributed by atoms with E-state index in [9.17, 15) is 4.79 Å². The van der Waals surface area contributed by atoms with Gasteiger partial charge in [0, 0.05) is 0 Å². The number of allylic oxidation sites excluding steroid dienone is 5. The number of hydrogen-bond donors (Lipinski definition) is 0. The minimum atomic E-state index is -0.191. The Morgan fingerprint density at radius 3 is 3.00 bits per heavy atom. The fourth-order valence-corrected chi connectivity index (χ4v) is 1.13. The molecule has 1 rings (SSSR count). The Bertz CT molecular complexity index is 282. The van der Waals surface area contributed by atoms with Crippen LogP contribution in [0.4, 0.5) is 0 Å². The number of hydrogen-bond acceptors (Lipinski definition) is 2. The Hall–Kier alpha value is -1.31. The van der Waals surface area contributed by atoms with E-state index in [-0.39, 0.29) is 5.97 Å². The Labute approximate surface area is 78.6 Å². The third-order valence-electron chi connectivity index (χ3n) is 1.93. The van der Waals surface area contributed by atoms with Crippen LogP contribution in [-0.4, -0.2) is 13.1 Å². The first-order valence-electron chi connectivity index (χ1n) is 4.32. The fourth-order valence-electron chi connectivity index (χ4n) is 1.13. The van der Waals surface area contributed by atoms with Gasteiger partial charge in [-0.2, -0.15) is 0 Å². The number of ether oxygens (including phenoxy) is 1. The molecule has 0 bridgehead atoms. The van der Waals surface area contributed by atoms with E-state index in [2.05, 4.69) is 17.7 Å². The summed E-state index contributed by atoms with van der Waals surface area (Å²) in [4.78, 5) is 11.0. The van der Waals surface area contributed by atoms with Gasteiger partial charge in [-0.05, 0) is 18.9 Å². The van der Waals surface area contributed by atoms with Crippen molar-refractivity contribution in [2.75, 3.05) is 7.11 Å². The monoisotopic (exact) mass is 178 g/mol. The molecule has 0 saturated heterocycles. The zero-order valence-electron chi connectivity index (χ0n) is 8.04. The van der Waals surface area contributed by atoms with Crippen LogP contribution in [0.5, 0.6) is 0 Å². The molecule has 0 heterocycles. The van der Waals surface area contributed by atoms with Gasteiger partial charge in [0.15, 0.2) is 0 Å². The van der Waals surface area contributed by atoms with E-state index in [1.807, 2.05) is 18.2 Å². The molecule has 0 aromatic carbocycles. The van der Waals surface area contributed by atoms with Crippen molar-refractivity contribution in [2.45, 2.75) is 19.8 Å². The highest BCUT2D eigenvalue weighted by molar-refractivity contribution is 5.73. The quantitative estimate of drug-likeness (QED) is 0.607. The van der Waals surface area contributed by atoms with Crippen molar-refractivity contribution in [3.63, 3.8) is 0 Å². The van der Waals surface area contributed by atoms with Gasteiger partial charge >= 0.3 is 5.97 Å². The zero-order chi connectivity index (χ0) is 9.68. The summed E-state index contributed by atoms with van der Waals surface area (Å²) >= 11 is 0. The van der Waals surface area contributed by atoms with Crippen molar-refractivity contribution < 1.29 is 9.53 Å². The summed E-state index contributed by atoms with van der Waals surface area (Å²) in [6, 6.07) is 0. The molecule has 0 unspecified atom stereocenters. The van der Waals surface area contributed by atoms with Gasteiger partial charge in [0.05, 0.1) is 13.5 Å². The summed E-state index contributed by atoms with van der Waals surface area (Å²) in [5.41, 5.74) is 2.31. The van der Waals surface area contributed by atoms with Crippen LogP contribution < -0.4 is 0 Å². The molecular weight excluding hydrogens is 164 g/mol. The molecule has 13 heavy (non-hydrogen) atoms. The second-order valence-corrected chi connectivity index (χ2v) is 3.11. The number of rotatable bonds is 2. The molecule has 0 radical (unpaired) electrons. The third-order valence-corrected chi connectivity index (χ3v) is 1.93. The fraction of sp³-hybridized carbons (Fsp3) is 0.364. The van der Waals surface area contributed by atoms with Crippen molar-refractivity contribution in [3.8, 4) is 0 Å². The van der Waals surface area contributed by atoms with E-state index in [1.54, 1.807) is 0 Å². The van der Waals surface area contributed by atoms with Gasteiger partial charge in [-0.3, -0.25) is 4.79 Å². The lowest BCUT2D eigenvalue weighted by Gasteiger charge is -1.98. The number of methoxy groups -OCH3 is 1. The molecule has 1 aliphatic rings. The number of esters is 1. The van der Waals surface area contributed by atoms with E-state index >= 15 is 0 Å². The minimum absolute atomic E-state index is 0.191. The highest BCUT2D eigenvalue weighted by Gasteiger charge is 2.03. The van der Waals surface area contributed by atoms with Gasteiger partial charge < -0.3 is 4.74 Å². The van der Waals surface area contributed by atoms with E-state index in [0.717, 1.165) is 12.0 Å². The van der Waals surface area contributed by atoms with E-state index in [4.69, 9.17) is 0 Å². The number of carbonyl (C=O) groups excluding carboxylic acids is 1. The van der Waals surface area contributed by atoms with Crippen LogP contribution in [0.25, 0.3) is 0 Å². The highest BCUT2D eigenvalue weighted by atomic mass is 16.5. The molecule has 0 aromatic rings. The maximum Gasteiger partial charge on any atom is 0.309 e. The molecule has 0 aromatic heterocycles. The standard InChI is InChI=1S/C11H14O2/c1-9-4-3-5-10(7-6-9)8-11(12)13-2/h3,5-7H,4,8H2,1-2H3. The summed E-state index contributed by atoms with van der Waals surface area (Å²) in [6.45, 7) is 2.07. The second kappa shape index (κ2) is 4.65. The van der Waals surface area contributed by atoms with Gasteiger partial charge in [0.1, 0.15) is 0 Å². The van der Waals surface area contributed by atoms with Crippen molar-refractivity contribution in [1.82, 2.24) is 0 Å². The van der Waals surface area contributed by atoms with Crippen molar-refractivity contribution >= 4 is 5.97 Å². The van der Waals surface area contributed by atoms with E-state index < -0.39 is 0 Å². The largest absolute Gasteiger partial charge is 0.469 e. The first-order valence-corrected chi connectivity index (χ1v) is 4.32. The van der Waals surface area contributed by atoms with Gasteiger partial charge in [-0.25, -0.2) is 0 Å². The van der Waals surface area contributed by atoms with Gasteiger partial charge in [0.2, 0.25) is 0 Å². The maximum absolute atomic E-state index is 11.0. The molecule has 0 aliphatic heterocycles. The van der Waals surface area contributed by atoms with Crippen LogP contribution in [0.3, 0.4) is 0 Å². The Kier molecular flexibility index (Phi) is 3.50. The molecule has 0 spiro atoms. The molecule has 1 aliphatic carbocycles. The van der Waals surface area contributed by atoms with Crippen molar-refractivity contribution in [1.29, 1.82) is 0 Å². The summed E-state index contributed by atoms with van der Waals surface area (Å²) in [5, 5.41) is 0. The zero-order valence-corrected chi connectivity index (χ0v) is 8.04. The third kappa shape index (κ3) is 3.28. The number of carbonyl (C=O) groups is 1.